The number of aliphatic hydroxyl groups is 1. The first kappa shape index (κ1) is 9.28. The summed E-state index contributed by atoms with van der Waals surface area (Å²) >= 11 is 0. The fraction of sp³-hybridized carbons (Fsp3) is 0.333. The number of para-hydroxylation sites is 1. The van der Waals surface area contributed by atoms with E-state index in [0.29, 0.717) is 0 Å². The summed E-state index contributed by atoms with van der Waals surface area (Å²) in [5.41, 5.74) is 3.55. The van der Waals surface area contributed by atoms with Crippen molar-refractivity contribution in [3.05, 3.63) is 35.5 Å². The van der Waals surface area contributed by atoms with Gasteiger partial charge in [0.05, 0.1) is 0 Å². The van der Waals surface area contributed by atoms with Gasteiger partial charge in [-0.15, -0.1) is 0 Å². The Morgan fingerprint density at radius 2 is 2.07 bits per heavy atom. The Bertz CT molecular complexity index is 445. The molecular weight excluding hydrogens is 174 g/mol. The minimum atomic E-state index is 0.197. The zero-order valence-electron chi connectivity index (χ0n) is 8.54. The van der Waals surface area contributed by atoms with Gasteiger partial charge >= 0.3 is 0 Å². The van der Waals surface area contributed by atoms with Crippen molar-refractivity contribution in [2.24, 2.45) is 0 Å². The molecule has 2 rings (SSSR count). The average molecular weight is 189 g/mol. The average Bonchev–Trinajstić information content (AvgIpc) is 2.53. The number of hydrogen-bond donors (Lipinski definition) is 2. The van der Waals surface area contributed by atoms with Gasteiger partial charge in [0, 0.05) is 29.1 Å². The van der Waals surface area contributed by atoms with E-state index in [2.05, 4.69) is 24.0 Å². The van der Waals surface area contributed by atoms with Crippen LogP contribution in [-0.4, -0.2) is 16.7 Å². The molecule has 0 bridgehead atoms. The number of rotatable bonds is 2. The first-order valence-electron chi connectivity index (χ1n) is 4.92. The number of aromatic nitrogens is 1. The summed E-state index contributed by atoms with van der Waals surface area (Å²) in [5, 5.41) is 10.4. The van der Waals surface area contributed by atoms with E-state index in [-0.39, 0.29) is 12.5 Å². The summed E-state index contributed by atoms with van der Waals surface area (Å²) in [5.74, 6) is 0.200. The second-order valence-corrected chi connectivity index (χ2v) is 3.79. The van der Waals surface area contributed by atoms with Crippen LogP contribution in [-0.2, 0) is 0 Å². The van der Waals surface area contributed by atoms with Crippen molar-refractivity contribution in [2.75, 3.05) is 6.61 Å². The van der Waals surface area contributed by atoms with Crippen LogP contribution in [0.4, 0.5) is 0 Å². The molecule has 74 valence electrons. The molecule has 1 unspecified atom stereocenters. The second kappa shape index (κ2) is 3.46. The summed E-state index contributed by atoms with van der Waals surface area (Å²) in [6.45, 7) is 4.30. The van der Waals surface area contributed by atoms with Crippen molar-refractivity contribution >= 4 is 10.9 Å². The van der Waals surface area contributed by atoms with E-state index in [1.165, 1.54) is 10.9 Å². The zero-order valence-corrected chi connectivity index (χ0v) is 8.54. The maximum Gasteiger partial charge on any atom is 0.0497 e. The molecule has 2 heteroatoms. The molecule has 0 aliphatic carbocycles. The smallest absolute Gasteiger partial charge is 0.0497 e. The van der Waals surface area contributed by atoms with Crippen LogP contribution in [0.25, 0.3) is 10.9 Å². The van der Waals surface area contributed by atoms with Crippen LogP contribution in [0, 0.1) is 6.92 Å². The summed E-state index contributed by atoms with van der Waals surface area (Å²) in [6, 6.07) is 8.21. The zero-order chi connectivity index (χ0) is 10.1. The predicted octanol–water partition coefficient (Wildman–Crippen LogP) is 2.57. The van der Waals surface area contributed by atoms with Gasteiger partial charge in [0.2, 0.25) is 0 Å². The largest absolute Gasteiger partial charge is 0.396 e. The molecule has 0 radical (unpaired) electrons. The van der Waals surface area contributed by atoms with Crippen LogP contribution < -0.4 is 0 Å². The lowest BCUT2D eigenvalue weighted by Crippen LogP contribution is -1.99. The Hall–Kier alpha value is -1.28. The van der Waals surface area contributed by atoms with Gasteiger partial charge in [0.15, 0.2) is 0 Å². The lowest BCUT2D eigenvalue weighted by atomic mass is 9.99. The molecule has 0 amide bonds. The highest BCUT2D eigenvalue weighted by Gasteiger charge is 2.13. The van der Waals surface area contributed by atoms with Crippen molar-refractivity contribution in [1.29, 1.82) is 0 Å². The third-order valence-corrected chi connectivity index (χ3v) is 2.71. The predicted molar refractivity (Wildman–Crippen MR) is 58.5 cm³/mol. The van der Waals surface area contributed by atoms with Crippen LogP contribution in [0.15, 0.2) is 24.3 Å². The molecule has 0 spiro atoms. The molecular formula is C12H15NO. The van der Waals surface area contributed by atoms with Gasteiger partial charge in [-0.3, -0.25) is 0 Å². The van der Waals surface area contributed by atoms with Gasteiger partial charge in [-0.25, -0.2) is 0 Å². The van der Waals surface area contributed by atoms with Gasteiger partial charge in [0.25, 0.3) is 0 Å². The van der Waals surface area contributed by atoms with E-state index in [4.69, 9.17) is 0 Å². The normalized spacial score (nSPS) is 13.4. The topological polar surface area (TPSA) is 36.0 Å². The fourth-order valence-corrected chi connectivity index (χ4v) is 2.02. The van der Waals surface area contributed by atoms with Crippen LogP contribution in [0.1, 0.15) is 24.1 Å². The summed E-state index contributed by atoms with van der Waals surface area (Å²) in [7, 11) is 0. The van der Waals surface area contributed by atoms with Crippen LogP contribution in [0.2, 0.25) is 0 Å². The van der Waals surface area contributed by atoms with Crippen molar-refractivity contribution in [1.82, 2.24) is 4.98 Å². The van der Waals surface area contributed by atoms with E-state index in [1.54, 1.807) is 0 Å². The molecule has 2 aromatic rings. The molecule has 1 heterocycles. The lowest BCUT2D eigenvalue weighted by Gasteiger charge is -2.07. The van der Waals surface area contributed by atoms with Gasteiger partial charge in [0.1, 0.15) is 0 Å². The quantitative estimate of drug-likeness (QED) is 0.748. The molecule has 1 atom stereocenters. The van der Waals surface area contributed by atoms with Gasteiger partial charge < -0.3 is 10.1 Å². The molecule has 1 aromatic heterocycles. The Morgan fingerprint density at radius 3 is 2.79 bits per heavy atom. The standard InChI is InChI=1S/C12H15NO/c1-8(7-14)12-9(2)13-11-6-4-3-5-10(11)12/h3-6,8,13-14H,7H2,1-2H3. The Morgan fingerprint density at radius 1 is 1.36 bits per heavy atom. The molecule has 1 aromatic carbocycles. The minimum absolute atomic E-state index is 0.197. The van der Waals surface area contributed by atoms with Crippen molar-refractivity contribution in [2.45, 2.75) is 19.8 Å². The number of nitrogens with one attached hydrogen (secondary N) is 1. The van der Waals surface area contributed by atoms with Crippen LogP contribution in [0.3, 0.4) is 0 Å². The number of hydrogen-bond acceptors (Lipinski definition) is 1. The number of aromatic amines is 1. The first-order chi connectivity index (χ1) is 6.74. The van der Waals surface area contributed by atoms with Crippen molar-refractivity contribution in [3.63, 3.8) is 0 Å². The Kier molecular flexibility index (Phi) is 2.30. The second-order valence-electron chi connectivity index (χ2n) is 3.79. The van der Waals surface area contributed by atoms with Gasteiger partial charge in [-0.1, -0.05) is 25.1 Å². The molecule has 14 heavy (non-hydrogen) atoms. The lowest BCUT2D eigenvalue weighted by molar-refractivity contribution is 0.273. The third kappa shape index (κ3) is 1.32. The molecule has 0 saturated heterocycles. The number of fused-ring (bicyclic) bond motifs is 1. The molecule has 0 aliphatic heterocycles. The summed E-state index contributed by atoms with van der Waals surface area (Å²) < 4.78 is 0. The van der Waals surface area contributed by atoms with Gasteiger partial charge in [-0.05, 0) is 18.6 Å². The van der Waals surface area contributed by atoms with E-state index in [1.807, 2.05) is 19.1 Å². The fourth-order valence-electron chi connectivity index (χ4n) is 2.02. The monoisotopic (exact) mass is 189 g/mol. The van der Waals surface area contributed by atoms with E-state index in [9.17, 15) is 5.11 Å². The SMILES string of the molecule is Cc1[nH]c2ccccc2c1C(C)CO. The number of benzene rings is 1. The summed E-state index contributed by atoms with van der Waals surface area (Å²) in [4.78, 5) is 3.33. The van der Waals surface area contributed by atoms with Gasteiger partial charge in [-0.2, -0.15) is 0 Å². The van der Waals surface area contributed by atoms with Crippen molar-refractivity contribution < 1.29 is 5.11 Å². The van der Waals surface area contributed by atoms with Crippen LogP contribution >= 0.6 is 0 Å². The molecule has 0 fully saturated rings. The highest BCUT2D eigenvalue weighted by atomic mass is 16.3. The van der Waals surface area contributed by atoms with Crippen molar-refractivity contribution in [3.8, 4) is 0 Å². The third-order valence-electron chi connectivity index (χ3n) is 2.71. The Labute approximate surface area is 83.6 Å². The number of H-pyrrole nitrogens is 1. The number of aliphatic hydroxyl groups excluding tert-OH is 1. The van der Waals surface area contributed by atoms with E-state index in [0.717, 1.165) is 11.2 Å². The summed E-state index contributed by atoms with van der Waals surface area (Å²) in [6.07, 6.45) is 0. The highest BCUT2D eigenvalue weighted by molar-refractivity contribution is 5.85. The Balaban J connectivity index is 2.67. The molecule has 2 N–H and O–H groups in total. The maximum absolute atomic E-state index is 9.18. The highest BCUT2D eigenvalue weighted by Crippen LogP contribution is 2.28. The molecule has 2 nitrogen and oxygen atoms in total. The maximum atomic E-state index is 9.18. The van der Waals surface area contributed by atoms with E-state index < -0.39 is 0 Å². The molecule has 0 aliphatic rings. The molecule has 0 saturated carbocycles. The number of aryl methyl sites for hydroxylation is 1. The minimum Gasteiger partial charge on any atom is -0.396 e. The van der Waals surface area contributed by atoms with Crippen LogP contribution in [0.5, 0.6) is 0 Å². The first-order valence-corrected chi connectivity index (χ1v) is 4.92. The van der Waals surface area contributed by atoms with E-state index >= 15 is 0 Å².